The highest BCUT2D eigenvalue weighted by molar-refractivity contribution is 7.14. The van der Waals surface area contributed by atoms with Gasteiger partial charge in [-0.15, -0.1) is 11.3 Å². The molecule has 0 fully saturated rings. The van der Waals surface area contributed by atoms with Gasteiger partial charge in [0.1, 0.15) is 0 Å². The zero-order valence-corrected chi connectivity index (χ0v) is 15.8. The third-order valence-corrected chi connectivity index (χ3v) is 4.90. The SMILES string of the molecule is CCN(C)c1ccc(-c2csc(Nc3ccc(C(=O)OC)cc3)n2)cc1. The lowest BCUT2D eigenvalue weighted by Crippen LogP contribution is -2.15. The Bertz CT molecular complexity index is 873. The first-order chi connectivity index (χ1) is 12.6. The van der Waals surface area contributed by atoms with Crippen LogP contribution in [0.15, 0.2) is 53.9 Å². The number of carbonyl (C=O) groups is 1. The van der Waals surface area contributed by atoms with Crippen molar-refractivity contribution in [2.45, 2.75) is 6.92 Å². The highest BCUT2D eigenvalue weighted by atomic mass is 32.1. The summed E-state index contributed by atoms with van der Waals surface area (Å²) in [6.07, 6.45) is 0. The molecule has 0 radical (unpaired) electrons. The second-order valence-electron chi connectivity index (χ2n) is 5.79. The average Bonchev–Trinajstić information content (AvgIpc) is 3.16. The smallest absolute Gasteiger partial charge is 0.337 e. The Balaban J connectivity index is 1.70. The minimum absolute atomic E-state index is 0.342. The Morgan fingerprint density at radius 2 is 1.85 bits per heavy atom. The lowest BCUT2D eigenvalue weighted by Gasteiger charge is -2.16. The van der Waals surface area contributed by atoms with Crippen molar-refractivity contribution in [3.8, 4) is 11.3 Å². The molecule has 3 rings (SSSR count). The first-order valence-electron chi connectivity index (χ1n) is 8.33. The lowest BCUT2D eigenvalue weighted by atomic mass is 10.1. The molecule has 0 spiro atoms. The zero-order valence-electron chi connectivity index (χ0n) is 15.0. The maximum Gasteiger partial charge on any atom is 0.337 e. The molecule has 3 aromatic rings. The monoisotopic (exact) mass is 367 g/mol. The molecular formula is C20H21N3O2S. The van der Waals surface area contributed by atoms with Crippen molar-refractivity contribution in [1.29, 1.82) is 0 Å². The fourth-order valence-corrected chi connectivity index (χ4v) is 3.20. The van der Waals surface area contributed by atoms with Crippen LogP contribution < -0.4 is 10.2 Å². The summed E-state index contributed by atoms with van der Waals surface area (Å²) in [4.78, 5) is 18.3. The van der Waals surface area contributed by atoms with Crippen molar-refractivity contribution in [2.24, 2.45) is 0 Å². The number of nitrogens with one attached hydrogen (secondary N) is 1. The maximum atomic E-state index is 11.5. The molecule has 1 N–H and O–H groups in total. The Labute approximate surface area is 157 Å². The van der Waals surface area contributed by atoms with Crippen LogP contribution in [-0.4, -0.2) is 31.7 Å². The maximum absolute atomic E-state index is 11.5. The van der Waals surface area contributed by atoms with Crippen LogP contribution in [0.25, 0.3) is 11.3 Å². The Kier molecular flexibility index (Phi) is 5.53. The van der Waals surface area contributed by atoms with Gasteiger partial charge in [-0.3, -0.25) is 0 Å². The normalized spacial score (nSPS) is 10.4. The van der Waals surface area contributed by atoms with Crippen LogP contribution in [0.1, 0.15) is 17.3 Å². The minimum Gasteiger partial charge on any atom is -0.465 e. The average molecular weight is 367 g/mol. The number of carbonyl (C=O) groups excluding carboxylic acids is 1. The summed E-state index contributed by atoms with van der Waals surface area (Å²) in [7, 11) is 3.45. The molecule has 5 nitrogen and oxygen atoms in total. The molecular weight excluding hydrogens is 346 g/mol. The van der Waals surface area contributed by atoms with E-state index in [1.807, 2.05) is 17.5 Å². The van der Waals surface area contributed by atoms with E-state index in [4.69, 9.17) is 4.74 Å². The van der Waals surface area contributed by atoms with Gasteiger partial charge in [-0.1, -0.05) is 12.1 Å². The highest BCUT2D eigenvalue weighted by Crippen LogP contribution is 2.28. The van der Waals surface area contributed by atoms with E-state index >= 15 is 0 Å². The number of methoxy groups -OCH3 is 1. The van der Waals surface area contributed by atoms with Crippen LogP contribution >= 0.6 is 11.3 Å². The van der Waals surface area contributed by atoms with Gasteiger partial charge < -0.3 is 15.0 Å². The first-order valence-corrected chi connectivity index (χ1v) is 9.21. The van der Waals surface area contributed by atoms with Crippen LogP contribution in [0.4, 0.5) is 16.5 Å². The fraction of sp³-hybridized carbons (Fsp3) is 0.200. The second-order valence-corrected chi connectivity index (χ2v) is 6.65. The molecule has 2 aromatic carbocycles. The molecule has 0 aliphatic heterocycles. The summed E-state index contributed by atoms with van der Waals surface area (Å²) in [5.74, 6) is -0.342. The molecule has 1 heterocycles. The van der Waals surface area contributed by atoms with E-state index in [1.54, 1.807) is 23.5 Å². The molecule has 0 amide bonds. The van der Waals surface area contributed by atoms with Crippen molar-refractivity contribution in [2.75, 3.05) is 30.9 Å². The highest BCUT2D eigenvalue weighted by Gasteiger charge is 2.08. The van der Waals surface area contributed by atoms with Crippen molar-refractivity contribution < 1.29 is 9.53 Å². The molecule has 6 heteroatoms. The number of benzene rings is 2. The molecule has 26 heavy (non-hydrogen) atoms. The van der Waals surface area contributed by atoms with Crippen molar-refractivity contribution >= 4 is 33.8 Å². The molecule has 0 atom stereocenters. The number of ether oxygens (including phenoxy) is 1. The molecule has 0 aliphatic carbocycles. The van der Waals surface area contributed by atoms with Gasteiger partial charge in [0.2, 0.25) is 0 Å². The summed E-state index contributed by atoms with van der Waals surface area (Å²) in [5.41, 5.74) is 4.61. The van der Waals surface area contributed by atoms with Crippen molar-refractivity contribution in [1.82, 2.24) is 4.98 Å². The van der Waals surface area contributed by atoms with Crippen molar-refractivity contribution in [3.05, 3.63) is 59.5 Å². The van der Waals surface area contributed by atoms with E-state index in [1.165, 1.54) is 12.8 Å². The van der Waals surface area contributed by atoms with E-state index in [-0.39, 0.29) is 5.97 Å². The number of esters is 1. The number of hydrogen-bond donors (Lipinski definition) is 1. The van der Waals surface area contributed by atoms with E-state index in [9.17, 15) is 4.79 Å². The van der Waals surface area contributed by atoms with Gasteiger partial charge in [-0.25, -0.2) is 9.78 Å². The number of thiazole rings is 1. The summed E-state index contributed by atoms with van der Waals surface area (Å²) >= 11 is 1.54. The fourth-order valence-electron chi connectivity index (χ4n) is 2.46. The van der Waals surface area contributed by atoms with Crippen LogP contribution in [0, 0.1) is 0 Å². The van der Waals surface area contributed by atoms with Gasteiger partial charge in [0, 0.05) is 35.9 Å². The molecule has 0 unspecified atom stereocenters. The predicted octanol–water partition coefficient (Wildman–Crippen LogP) is 4.80. The van der Waals surface area contributed by atoms with Crippen LogP contribution in [0.3, 0.4) is 0 Å². The summed E-state index contributed by atoms with van der Waals surface area (Å²) in [5, 5.41) is 6.10. The third kappa shape index (κ3) is 4.03. The number of anilines is 3. The molecule has 134 valence electrons. The van der Waals surface area contributed by atoms with Gasteiger partial charge in [0.15, 0.2) is 5.13 Å². The molecule has 0 saturated heterocycles. The number of hydrogen-bond acceptors (Lipinski definition) is 6. The Hall–Kier alpha value is -2.86. The Morgan fingerprint density at radius 3 is 2.46 bits per heavy atom. The van der Waals surface area contributed by atoms with Crippen molar-refractivity contribution in [3.63, 3.8) is 0 Å². The lowest BCUT2D eigenvalue weighted by molar-refractivity contribution is 0.0601. The van der Waals surface area contributed by atoms with Crippen LogP contribution in [-0.2, 0) is 4.74 Å². The largest absolute Gasteiger partial charge is 0.465 e. The number of rotatable bonds is 6. The summed E-state index contributed by atoms with van der Waals surface area (Å²) in [6.45, 7) is 3.10. The molecule has 0 bridgehead atoms. The van der Waals surface area contributed by atoms with E-state index < -0.39 is 0 Å². The van der Waals surface area contributed by atoms with Crippen LogP contribution in [0.2, 0.25) is 0 Å². The van der Waals surface area contributed by atoms with E-state index in [0.29, 0.717) is 5.56 Å². The summed E-state index contributed by atoms with van der Waals surface area (Å²) < 4.78 is 4.70. The van der Waals surface area contributed by atoms with Crippen LogP contribution in [0.5, 0.6) is 0 Å². The zero-order chi connectivity index (χ0) is 18.5. The molecule has 0 aliphatic rings. The minimum atomic E-state index is -0.342. The van der Waals surface area contributed by atoms with Gasteiger partial charge in [0.25, 0.3) is 0 Å². The predicted molar refractivity (Wildman–Crippen MR) is 108 cm³/mol. The quantitative estimate of drug-likeness (QED) is 0.635. The van der Waals surface area contributed by atoms with E-state index in [2.05, 4.69) is 53.4 Å². The first kappa shape index (κ1) is 17.9. The number of nitrogens with zero attached hydrogens (tertiary/aromatic N) is 2. The standard InChI is InChI=1S/C20H21N3O2S/c1-4-23(2)17-11-7-14(8-12-17)18-13-26-20(22-18)21-16-9-5-15(6-10-16)19(24)25-3/h5-13H,4H2,1-3H3,(H,21,22). The van der Waals surface area contributed by atoms with Gasteiger partial charge in [0.05, 0.1) is 18.4 Å². The topological polar surface area (TPSA) is 54.5 Å². The van der Waals surface area contributed by atoms with E-state index in [0.717, 1.165) is 28.6 Å². The summed E-state index contributed by atoms with van der Waals surface area (Å²) in [6, 6.07) is 15.5. The molecule has 1 aromatic heterocycles. The third-order valence-electron chi connectivity index (χ3n) is 4.14. The molecule has 0 saturated carbocycles. The van der Waals surface area contributed by atoms with Gasteiger partial charge >= 0.3 is 5.97 Å². The Morgan fingerprint density at radius 1 is 1.15 bits per heavy atom. The van der Waals surface area contributed by atoms with Gasteiger partial charge in [-0.05, 0) is 43.3 Å². The van der Waals surface area contributed by atoms with Gasteiger partial charge in [-0.2, -0.15) is 0 Å². The number of aromatic nitrogens is 1. The second kappa shape index (κ2) is 8.01.